The van der Waals surface area contributed by atoms with Crippen molar-refractivity contribution in [2.24, 2.45) is 0 Å². The first-order chi connectivity index (χ1) is 18.3. The zero-order chi connectivity index (χ0) is 27.5. The standard InChI is InChI=1S/C30H35BrNO5P/c1-2-37-30(36)27(21-22-29(34)35)32-28(33)20-12-13-23-38(31,24-14-6-3-7-15-24,25-16-8-4-9-17-25)26-18-10-5-11-19-26/h3-11,14-19,27H,2,12-13,20-23H2,1H3,(H,32,33)(H,34,35). The molecule has 202 valence electrons. The van der Waals surface area contributed by atoms with Crippen molar-refractivity contribution in [1.82, 2.24) is 5.32 Å². The molecular formula is C30H35BrNO5P. The molecule has 0 aliphatic rings. The van der Waals surface area contributed by atoms with Crippen LogP contribution in [0.5, 0.6) is 0 Å². The molecule has 1 amide bonds. The molecule has 0 aliphatic heterocycles. The van der Waals surface area contributed by atoms with Crippen LogP contribution in [0.2, 0.25) is 0 Å². The van der Waals surface area contributed by atoms with Gasteiger partial charge in [-0.2, -0.15) is 0 Å². The molecule has 1 atom stereocenters. The zero-order valence-corrected chi connectivity index (χ0v) is 24.1. The van der Waals surface area contributed by atoms with Gasteiger partial charge in [-0.1, -0.05) is 0 Å². The van der Waals surface area contributed by atoms with E-state index < -0.39 is 23.3 Å². The number of hydrogen-bond acceptors (Lipinski definition) is 4. The molecule has 3 aromatic carbocycles. The van der Waals surface area contributed by atoms with E-state index in [1.807, 2.05) is 18.2 Å². The summed E-state index contributed by atoms with van der Waals surface area (Å²) in [5.74, 6) is -1.92. The molecular weight excluding hydrogens is 565 g/mol. The quantitative estimate of drug-likeness (QED) is 0.156. The van der Waals surface area contributed by atoms with Gasteiger partial charge in [0, 0.05) is 0 Å². The first-order valence-corrected chi connectivity index (χ1v) is 17.3. The molecule has 0 saturated carbocycles. The van der Waals surface area contributed by atoms with Crippen molar-refractivity contribution >= 4 is 54.6 Å². The number of ether oxygens (including phenoxy) is 1. The van der Waals surface area contributed by atoms with E-state index in [2.05, 4.69) is 93.6 Å². The van der Waals surface area contributed by atoms with Gasteiger partial charge in [0.25, 0.3) is 0 Å². The monoisotopic (exact) mass is 599 g/mol. The summed E-state index contributed by atoms with van der Waals surface area (Å²) >= 11 is 4.41. The first-order valence-electron chi connectivity index (χ1n) is 12.9. The van der Waals surface area contributed by atoms with Crippen molar-refractivity contribution in [2.75, 3.05) is 12.8 Å². The second kappa shape index (κ2) is 13.7. The van der Waals surface area contributed by atoms with Crippen LogP contribution in [0, 0.1) is 0 Å². The molecule has 2 N–H and O–H groups in total. The van der Waals surface area contributed by atoms with Crippen LogP contribution in [0.1, 0.15) is 39.0 Å². The fraction of sp³-hybridized carbons (Fsp3) is 0.300. The van der Waals surface area contributed by atoms with Gasteiger partial charge in [-0.25, -0.2) is 0 Å². The second-order valence-electron chi connectivity index (χ2n) is 9.17. The van der Waals surface area contributed by atoms with Crippen LogP contribution in [-0.4, -0.2) is 41.8 Å². The van der Waals surface area contributed by atoms with E-state index in [1.165, 1.54) is 15.9 Å². The van der Waals surface area contributed by atoms with E-state index in [9.17, 15) is 14.4 Å². The molecule has 1 unspecified atom stereocenters. The Hall–Kier alpha value is -3.02. The summed E-state index contributed by atoms with van der Waals surface area (Å²) in [6.07, 6.45) is 2.16. The molecule has 3 aromatic rings. The van der Waals surface area contributed by atoms with Gasteiger partial charge in [-0.3, -0.25) is 0 Å². The van der Waals surface area contributed by atoms with Gasteiger partial charge in [-0.15, -0.1) is 0 Å². The molecule has 6 nitrogen and oxygen atoms in total. The van der Waals surface area contributed by atoms with Crippen LogP contribution in [0.25, 0.3) is 0 Å². The van der Waals surface area contributed by atoms with E-state index in [0.29, 0.717) is 6.42 Å². The predicted octanol–water partition coefficient (Wildman–Crippen LogP) is 4.91. The van der Waals surface area contributed by atoms with Crippen molar-refractivity contribution in [1.29, 1.82) is 0 Å². The number of carbonyl (C=O) groups excluding carboxylic acids is 2. The SMILES string of the molecule is CCOC(=O)C(CCC(=O)O)NC(=O)CCCCP(Br)(c1ccccc1)(c1ccccc1)c1ccccc1. The number of esters is 1. The third kappa shape index (κ3) is 6.89. The Kier molecular flexibility index (Phi) is 10.6. The molecule has 3 rings (SSSR count). The van der Waals surface area contributed by atoms with Crippen LogP contribution in [-0.2, 0) is 19.1 Å². The molecule has 0 fully saturated rings. The van der Waals surface area contributed by atoms with Crippen molar-refractivity contribution in [3.63, 3.8) is 0 Å². The number of halogens is 1. The summed E-state index contributed by atoms with van der Waals surface area (Å²) in [6, 6.07) is 30.5. The van der Waals surface area contributed by atoms with Gasteiger partial charge in [-0.05, 0) is 0 Å². The Bertz CT molecular complexity index is 1110. The molecule has 38 heavy (non-hydrogen) atoms. The number of rotatable bonds is 14. The maximum absolute atomic E-state index is 12.8. The first kappa shape index (κ1) is 29.5. The van der Waals surface area contributed by atoms with Gasteiger partial charge in [0.05, 0.1) is 0 Å². The van der Waals surface area contributed by atoms with E-state index in [-0.39, 0.29) is 31.8 Å². The summed E-state index contributed by atoms with van der Waals surface area (Å²) in [7, 11) is 0. The normalized spacial score (nSPS) is 13.1. The Balaban J connectivity index is 1.82. The van der Waals surface area contributed by atoms with Crippen molar-refractivity contribution in [2.45, 2.75) is 45.1 Å². The third-order valence-corrected chi connectivity index (χ3v) is 16.7. The van der Waals surface area contributed by atoms with Crippen molar-refractivity contribution in [3.05, 3.63) is 91.0 Å². The minimum atomic E-state index is -3.06. The van der Waals surface area contributed by atoms with E-state index in [1.54, 1.807) is 6.92 Å². The molecule has 0 bridgehead atoms. The fourth-order valence-corrected chi connectivity index (χ4v) is 12.5. The zero-order valence-electron chi connectivity index (χ0n) is 21.6. The summed E-state index contributed by atoms with van der Waals surface area (Å²) in [6.45, 7) is 1.83. The predicted molar refractivity (Wildman–Crippen MR) is 158 cm³/mol. The number of carbonyl (C=O) groups is 3. The summed E-state index contributed by atoms with van der Waals surface area (Å²) in [4.78, 5) is 36.0. The third-order valence-electron chi connectivity index (χ3n) is 6.67. The average molecular weight is 600 g/mol. The number of benzene rings is 3. The van der Waals surface area contributed by atoms with Crippen molar-refractivity contribution in [3.8, 4) is 0 Å². The van der Waals surface area contributed by atoms with Gasteiger partial charge in [0.15, 0.2) is 0 Å². The number of nitrogens with one attached hydrogen (secondary N) is 1. The van der Waals surface area contributed by atoms with Crippen LogP contribution in [0.3, 0.4) is 0 Å². The van der Waals surface area contributed by atoms with E-state index in [0.717, 1.165) is 12.6 Å². The molecule has 8 heteroatoms. The van der Waals surface area contributed by atoms with E-state index in [4.69, 9.17) is 9.84 Å². The Morgan fingerprint density at radius 3 is 1.71 bits per heavy atom. The molecule has 0 aliphatic carbocycles. The van der Waals surface area contributed by atoms with Gasteiger partial charge < -0.3 is 0 Å². The van der Waals surface area contributed by atoms with Gasteiger partial charge >= 0.3 is 233 Å². The Morgan fingerprint density at radius 1 is 0.816 bits per heavy atom. The number of hydrogen-bond donors (Lipinski definition) is 2. The molecule has 0 aromatic heterocycles. The number of carboxylic acids is 1. The van der Waals surface area contributed by atoms with Crippen LogP contribution >= 0.6 is 20.8 Å². The molecule has 0 radical (unpaired) electrons. The van der Waals surface area contributed by atoms with Gasteiger partial charge in [0.2, 0.25) is 0 Å². The van der Waals surface area contributed by atoms with Crippen molar-refractivity contribution < 1.29 is 24.2 Å². The number of amides is 1. The molecule has 0 saturated heterocycles. The number of unbranched alkanes of at least 4 members (excludes halogenated alkanes) is 1. The summed E-state index contributed by atoms with van der Waals surface area (Å²) in [5.41, 5.74) is 0. The minimum absolute atomic E-state index is 0.00598. The average Bonchev–Trinajstić information content (AvgIpc) is 2.95. The topological polar surface area (TPSA) is 92.7 Å². The molecule has 0 heterocycles. The number of aliphatic carboxylic acids is 1. The number of carboxylic acid groups (broad SMARTS) is 1. The van der Waals surface area contributed by atoms with Crippen LogP contribution < -0.4 is 21.2 Å². The second-order valence-corrected chi connectivity index (χ2v) is 18.2. The molecule has 0 spiro atoms. The Labute approximate surface area is 232 Å². The fourth-order valence-electron chi connectivity index (χ4n) is 4.77. The van der Waals surface area contributed by atoms with Crippen LogP contribution in [0.4, 0.5) is 0 Å². The van der Waals surface area contributed by atoms with Gasteiger partial charge in [0.1, 0.15) is 0 Å². The summed E-state index contributed by atoms with van der Waals surface area (Å²) in [5, 5.41) is 12.3. The summed E-state index contributed by atoms with van der Waals surface area (Å²) < 4.78 is 5.02. The van der Waals surface area contributed by atoms with E-state index >= 15 is 0 Å². The Morgan fingerprint density at radius 2 is 1.29 bits per heavy atom. The van der Waals surface area contributed by atoms with Crippen LogP contribution in [0.15, 0.2) is 91.0 Å². The maximum atomic E-state index is 12.8.